The number of halogens is 2. The van der Waals surface area contributed by atoms with E-state index < -0.39 is 12.1 Å². The Morgan fingerprint density at radius 2 is 1.96 bits per heavy atom. The number of piperidine rings is 1. The Bertz CT molecular complexity index is 912. The molecule has 1 saturated carbocycles. The summed E-state index contributed by atoms with van der Waals surface area (Å²) in [5, 5.41) is 5.43. The third-order valence-corrected chi connectivity index (χ3v) is 6.57. The maximum Gasteiger partial charge on any atom is 0.231 e. The first-order valence-electron chi connectivity index (χ1n) is 9.94. The molecule has 148 valence electrons. The summed E-state index contributed by atoms with van der Waals surface area (Å²) in [6.45, 7) is 3.84. The number of anilines is 1. The third kappa shape index (κ3) is 3.49. The molecule has 0 radical (unpaired) electrons. The van der Waals surface area contributed by atoms with Gasteiger partial charge in [0.1, 0.15) is 12.0 Å². The minimum atomic E-state index is -1.01. The normalized spacial score (nSPS) is 26.2. The number of likely N-dealkylation sites (tertiary alicyclic amines) is 1. The molecule has 0 spiro atoms. The molecule has 1 aromatic carbocycles. The number of aromatic nitrogens is 1. The number of fused-ring (bicyclic) bond motifs is 1. The van der Waals surface area contributed by atoms with Crippen LogP contribution in [0.3, 0.4) is 0 Å². The number of ether oxygens (including phenoxy) is 1. The molecule has 1 amide bonds. The summed E-state index contributed by atoms with van der Waals surface area (Å²) in [7, 11) is 0. The van der Waals surface area contributed by atoms with Crippen molar-refractivity contribution in [1.29, 1.82) is 0 Å². The van der Waals surface area contributed by atoms with Gasteiger partial charge in [-0.05, 0) is 67.4 Å². The van der Waals surface area contributed by atoms with Crippen LogP contribution >= 0.6 is 11.6 Å². The molecule has 3 heterocycles. The quantitative estimate of drug-likeness (QED) is 0.844. The molecule has 2 aromatic rings. The Balaban J connectivity index is 1.34. The zero-order chi connectivity index (χ0) is 19.3. The first-order chi connectivity index (χ1) is 13.6. The lowest BCUT2D eigenvalue weighted by atomic mass is 9.87. The topological polar surface area (TPSA) is 54.5 Å². The Morgan fingerprint density at radius 3 is 2.61 bits per heavy atom. The van der Waals surface area contributed by atoms with Gasteiger partial charge in [0, 0.05) is 16.6 Å². The van der Waals surface area contributed by atoms with E-state index in [9.17, 15) is 9.18 Å². The Labute approximate surface area is 168 Å². The summed E-state index contributed by atoms with van der Waals surface area (Å²) < 4.78 is 18.4. The largest absolute Gasteiger partial charge is 0.378 e. The molecule has 2 saturated heterocycles. The van der Waals surface area contributed by atoms with Crippen molar-refractivity contribution < 1.29 is 13.9 Å². The summed E-state index contributed by atoms with van der Waals surface area (Å²) in [5.41, 5.74) is 1.16. The average Bonchev–Trinajstić information content (AvgIpc) is 3.38. The minimum Gasteiger partial charge on any atom is -0.378 e. The second-order valence-electron chi connectivity index (χ2n) is 8.14. The van der Waals surface area contributed by atoms with Crippen molar-refractivity contribution in [3.63, 3.8) is 0 Å². The number of pyridine rings is 1. The molecule has 0 unspecified atom stereocenters. The number of alkyl halides is 1. The molecule has 2 aliphatic heterocycles. The van der Waals surface area contributed by atoms with Gasteiger partial charge in [-0.15, -0.1) is 0 Å². The van der Waals surface area contributed by atoms with Crippen molar-refractivity contribution in [2.75, 3.05) is 31.6 Å². The van der Waals surface area contributed by atoms with E-state index in [1.165, 1.54) is 0 Å². The Kier molecular flexibility index (Phi) is 4.73. The van der Waals surface area contributed by atoms with Gasteiger partial charge in [-0.1, -0.05) is 11.6 Å². The Hall–Kier alpha value is -1.76. The lowest BCUT2D eigenvalue weighted by Crippen LogP contribution is -2.51. The summed E-state index contributed by atoms with van der Waals surface area (Å²) >= 11 is 6.59. The van der Waals surface area contributed by atoms with E-state index in [4.69, 9.17) is 16.3 Å². The first-order valence-corrected chi connectivity index (χ1v) is 10.3. The van der Waals surface area contributed by atoms with E-state index in [1.807, 2.05) is 12.1 Å². The van der Waals surface area contributed by atoms with Gasteiger partial charge in [-0.3, -0.25) is 9.69 Å². The van der Waals surface area contributed by atoms with E-state index in [0.29, 0.717) is 24.2 Å². The number of rotatable bonds is 4. The number of nitrogens with zero attached hydrogens (tertiary/aromatic N) is 2. The number of hydrogen-bond donors (Lipinski definition) is 1. The lowest BCUT2D eigenvalue weighted by Gasteiger charge is -2.41. The number of hydrogen-bond acceptors (Lipinski definition) is 4. The predicted molar refractivity (Wildman–Crippen MR) is 107 cm³/mol. The van der Waals surface area contributed by atoms with Gasteiger partial charge in [0.05, 0.1) is 25.2 Å². The molecular weight excluding hydrogens is 381 g/mol. The second-order valence-corrected chi connectivity index (χ2v) is 8.55. The third-order valence-electron chi connectivity index (χ3n) is 6.24. The fourth-order valence-electron chi connectivity index (χ4n) is 4.23. The van der Waals surface area contributed by atoms with Crippen molar-refractivity contribution in [2.45, 2.75) is 37.4 Å². The molecule has 3 fully saturated rings. The Morgan fingerprint density at radius 1 is 1.21 bits per heavy atom. The van der Waals surface area contributed by atoms with Crippen LogP contribution in [0.5, 0.6) is 0 Å². The second kappa shape index (κ2) is 7.25. The molecule has 1 N–H and O–H groups in total. The molecule has 0 bridgehead atoms. The van der Waals surface area contributed by atoms with Crippen LogP contribution in [-0.2, 0) is 9.53 Å². The first kappa shape index (κ1) is 18.3. The van der Waals surface area contributed by atoms with Gasteiger partial charge in [-0.25, -0.2) is 9.37 Å². The smallest absolute Gasteiger partial charge is 0.231 e. The molecular formula is C21H23ClFN3O2. The van der Waals surface area contributed by atoms with Gasteiger partial charge in [0.2, 0.25) is 5.91 Å². The lowest BCUT2D eigenvalue weighted by molar-refractivity contribution is -0.117. The maximum atomic E-state index is 13.1. The minimum absolute atomic E-state index is 0.291. The number of nitrogens with one attached hydrogen (secondary N) is 1. The SMILES string of the molecule is O=C(Nc1cc2cc(C3CCN(C4COC4)CC3)c(Cl)cc2cn1)[C@@H]1C[C@@H]1F. The number of benzene rings is 1. The number of amides is 1. The fourth-order valence-corrected chi connectivity index (χ4v) is 4.55. The van der Waals surface area contributed by atoms with Crippen LogP contribution in [0.15, 0.2) is 24.4 Å². The van der Waals surface area contributed by atoms with Crippen LogP contribution in [0, 0.1) is 5.92 Å². The van der Waals surface area contributed by atoms with Crippen LogP contribution in [0.4, 0.5) is 10.2 Å². The van der Waals surface area contributed by atoms with E-state index in [-0.39, 0.29) is 5.91 Å². The van der Waals surface area contributed by atoms with Crippen molar-refractivity contribution in [3.8, 4) is 0 Å². The van der Waals surface area contributed by atoms with Gasteiger partial charge in [-0.2, -0.15) is 0 Å². The highest BCUT2D eigenvalue weighted by atomic mass is 35.5. The van der Waals surface area contributed by atoms with Crippen molar-refractivity contribution in [3.05, 3.63) is 35.0 Å². The molecule has 3 aliphatic rings. The van der Waals surface area contributed by atoms with Crippen molar-refractivity contribution >= 4 is 34.1 Å². The summed E-state index contributed by atoms with van der Waals surface area (Å²) in [5.74, 6) is 0.0780. The number of carbonyl (C=O) groups excluding carboxylic acids is 1. The van der Waals surface area contributed by atoms with Gasteiger partial charge in [0.25, 0.3) is 0 Å². The highest BCUT2D eigenvalue weighted by molar-refractivity contribution is 6.32. The summed E-state index contributed by atoms with van der Waals surface area (Å²) in [6, 6.07) is 6.51. The van der Waals surface area contributed by atoms with Gasteiger partial charge in [0.15, 0.2) is 0 Å². The molecule has 5 nitrogen and oxygen atoms in total. The summed E-state index contributed by atoms with van der Waals surface area (Å²) in [6.07, 6.45) is 3.17. The predicted octanol–water partition coefficient (Wildman–Crippen LogP) is 3.76. The average molecular weight is 404 g/mol. The maximum absolute atomic E-state index is 13.1. The van der Waals surface area contributed by atoms with Crippen molar-refractivity contribution in [2.24, 2.45) is 5.92 Å². The molecule has 1 aromatic heterocycles. The van der Waals surface area contributed by atoms with E-state index >= 15 is 0 Å². The zero-order valence-corrected chi connectivity index (χ0v) is 16.3. The van der Waals surface area contributed by atoms with Crippen LogP contribution in [0.1, 0.15) is 30.7 Å². The molecule has 5 rings (SSSR count). The molecule has 1 aliphatic carbocycles. The monoisotopic (exact) mass is 403 g/mol. The number of carbonyl (C=O) groups is 1. The van der Waals surface area contributed by atoms with Gasteiger partial charge < -0.3 is 10.1 Å². The van der Waals surface area contributed by atoms with E-state index in [0.717, 1.165) is 60.5 Å². The summed E-state index contributed by atoms with van der Waals surface area (Å²) in [4.78, 5) is 18.8. The highest BCUT2D eigenvalue weighted by Gasteiger charge is 2.43. The fraction of sp³-hybridized carbons (Fsp3) is 0.524. The highest BCUT2D eigenvalue weighted by Crippen LogP contribution is 2.37. The van der Waals surface area contributed by atoms with Crippen LogP contribution < -0.4 is 5.32 Å². The van der Waals surface area contributed by atoms with Crippen LogP contribution in [0.2, 0.25) is 5.02 Å². The molecule has 28 heavy (non-hydrogen) atoms. The molecule has 2 atom stereocenters. The van der Waals surface area contributed by atoms with E-state index in [2.05, 4.69) is 21.3 Å². The van der Waals surface area contributed by atoms with E-state index in [1.54, 1.807) is 6.20 Å². The van der Waals surface area contributed by atoms with Crippen molar-refractivity contribution in [1.82, 2.24) is 9.88 Å². The van der Waals surface area contributed by atoms with Crippen LogP contribution in [-0.4, -0.2) is 54.3 Å². The standard InChI is InChI=1S/C21H23ClFN3O2/c22-18-6-14-9-24-20(25-21(27)17-8-19(17)23)7-13(14)5-16(18)12-1-3-26(4-2-12)15-10-28-11-15/h5-7,9,12,15,17,19H,1-4,8,10-11H2,(H,24,25,27)/t17-,19+/m1/s1. The van der Waals surface area contributed by atoms with Gasteiger partial charge >= 0.3 is 0 Å². The van der Waals surface area contributed by atoms with Crippen LogP contribution in [0.25, 0.3) is 10.8 Å². The molecule has 7 heteroatoms. The zero-order valence-electron chi connectivity index (χ0n) is 15.5.